The van der Waals surface area contributed by atoms with Crippen LogP contribution in [0.4, 0.5) is 0 Å². The Hall–Kier alpha value is -0.470. The van der Waals surface area contributed by atoms with Gasteiger partial charge in [-0.25, -0.2) is 0 Å². The van der Waals surface area contributed by atoms with Crippen LogP contribution in [-0.4, -0.2) is 12.8 Å². The van der Waals surface area contributed by atoms with Crippen LogP contribution in [-0.2, 0) is 0 Å². The molecule has 1 fully saturated rings. The third kappa shape index (κ3) is 2.06. The maximum absolute atomic E-state index is 3.51. The van der Waals surface area contributed by atoms with E-state index in [-0.39, 0.29) is 0 Å². The summed E-state index contributed by atoms with van der Waals surface area (Å²) in [6.45, 7) is 1.17. The van der Waals surface area contributed by atoms with Crippen LogP contribution < -0.4 is 5.32 Å². The van der Waals surface area contributed by atoms with Gasteiger partial charge in [-0.2, -0.15) is 0 Å². The Morgan fingerprint density at radius 3 is 3.08 bits per heavy atom. The smallest absolute Gasteiger partial charge is 0.0321 e. The van der Waals surface area contributed by atoms with E-state index >= 15 is 0 Å². The molecule has 1 heterocycles. The van der Waals surface area contributed by atoms with E-state index in [2.05, 4.69) is 35.8 Å². The lowest BCUT2D eigenvalue weighted by Crippen LogP contribution is -2.12. The molecular formula is C11H15NS. The Morgan fingerprint density at radius 2 is 2.38 bits per heavy atom. The molecule has 0 saturated carbocycles. The van der Waals surface area contributed by atoms with Gasteiger partial charge in [-0.15, -0.1) is 11.8 Å². The van der Waals surface area contributed by atoms with Gasteiger partial charge in [0.1, 0.15) is 0 Å². The number of hydrogen-bond donors (Lipinski definition) is 1. The maximum atomic E-state index is 3.51. The fraction of sp³-hybridized carbons (Fsp3) is 0.455. The lowest BCUT2D eigenvalue weighted by Gasteiger charge is -2.11. The van der Waals surface area contributed by atoms with Crippen molar-refractivity contribution in [1.29, 1.82) is 0 Å². The Bertz CT molecular complexity index is 279. The van der Waals surface area contributed by atoms with Crippen LogP contribution in [0.5, 0.6) is 0 Å². The monoisotopic (exact) mass is 193 g/mol. The Balaban J connectivity index is 2.18. The van der Waals surface area contributed by atoms with Crippen LogP contribution in [0.15, 0.2) is 29.2 Å². The van der Waals surface area contributed by atoms with Crippen molar-refractivity contribution in [2.24, 2.45) is 0 Å². The quantitative estimate of drug-likeness (QED) is 0.725. The summed E-state index contributed by atoms with van der Waals surface area (Å²) in [4.78, 5) is 1.37. The van der Waals surface area contributed by atoms with E-state index < -0.39 is 0 Å². The molecule has 1 aliphatic heterocycles. The van der Waals surface area contributed by atoms with Crippen molar-refractivity contribution in [3.05, 3.63) is 29.8 Å². The van der Waals surface area contributed by atoms with Crippen molar-refractivity contribution in [3.63, 3.8) is 0 Å². The molecule has 0 spiro atoms. The first-order valence-corrected chi connectivity index (χ1v) is 6.00. The zero-order valence-corrected chi connectivity index (χ0v) is 8.73. The average Bonchev–Trinajstić information content (AvgIpc) is 2.71. The predicted octanol–water partition coefficient (Wildman–Crippen LogP) is 2.83. The Morgan fingerprint density at radius 1 is 1.46 bits per heavy atom. The molecule has 0 amide bonds. The summed E-state index contributed by atoms with van der Waals surface area (Å²) in [6, 6.07) is 9.45. The molecule has 1 aromatic rings. The number of nitrogens with one attached hydrogen (secondary N) is 1. The average molecular weight is 193 g/mol. The highest BCUT2D eigenvalue weighted by atomic mass is 32.2. The highest BCUT2D eigenvalue weighted by Gasteiger charge is 2.15. The van der Waals surface area contributed by atoms with E-state index in [1.54, 1.807) is 0 Å². The predicted molar refractivity (Wildman–Crippen MR) is 58.2 cm³/mol. The van der Waals surface area contributed by atoms with Gasteiger partial charge in [0.2, 0.25) is 0 Å². The summed E-state index contributed by atoms with van der Waals surface area (Å²) in [7, 11) is 0. The van der Waals surface area contributed by atoms with Crippen molar-refractivity contribution < 1.29 is 0 Å². The molecule has 1 aromatic carbocycles. The fourth-order valence-corrected chi connectivity index (χ4v) is 2.30. The molecule has 1 N–H and O–H groups in total. The van der Waals surface area contributed by atoms with Gasteiger partial charge in [0.15, 0.2) is 0 Å². The van der Waals surface area contributed by atoms with E-state index in [0.29, 0.717) is 6.04 Å². The normalized spacial score (nSPS) is 22.1. The molecule has 13 heavy (non-hydrogen) atoms. The molecular weight excluding hydrogens is 178 g/mol. The highest BCUT2D eigenvalue weighted by molar-refractivity contribution is 7.98. The van der Waals surface area contributed by atoms with Gasteiger partial charge in [-0.1, -0.05) is 12.1 Å². The second kappa shape index (κ2) is 4.16. The van der Waals surface area contributed by atoms with Crippen molar-refractivity contribution >= 4 is 11.8 Å². The second-order valence-electron chi connectivity index (χ2n) is 3.43. The standard InChI is InChI=1S/C11H15NS/c1-13-10-5-2-4-9(8-10)11-6-3-7-12-11/h2,4-5,8,11-12H,3,6-7H2,1H3/t11-/m1/s1. The van der Waals surface area contributed by atoms with Crippen molar-refractivity contribution in [3.8, 4) is 0 Å². The summed E-state index contributed by atoms with van der Waals surface area (Å²) in [6.07, 6.45) is 4.73. The lowest BCUT2D eigenvalue weighted by molar-refractivity contribution is 0.646. The van der Waals surface area contributed by atoms with Gasteiger partial charge in [0, 0.05) is 10.9 Å². The molecule has 1 nitrogen and oxygen atoms in total. The van der Waals surface area contributed by atoms with Crippen LogP contribution in [0.1, 0.15) is 24.4 Å². The highest BCUT2D eigenvalue weighted by Crippen LogP contribution is 2.25. The van der Waals surface area contributed by atoms with Gasteiger partial charge in [-0.05, 0) is 43.3 Å². The maximum Gasteiger partial charge on any atom is 0.0321 e. The number of benzene rings is 1. The molecule has 1 saturated heterocycles. The minimum Gasteiger partial charge on any atom is -0.310 e. The van der Waals surface area contributed by atoms with Gasteiger partial charge in [0.05, 0.1) is 0 Å². The molecule has 0 aromatic heterocycles. The van der Waals surface area contributed by atoms with E-state index in [4.69, 9.17) is 0 Å². The Labute approximate surface area is 83.9 Å². The van der Waals surface area contributed by atoms with Crippen molar-refractivity contribution in [2.75, 3.05) is 12.8 Å². The molecule has 0 radical (unpaired) electrons. The minimum atomic E-state index is 0.604. The Kier molecular flexibility index (Phi) is 2.91. The molecule has 0 aliphatic carbocycles. The largest absolute Gasteiger partial charge is 0.310 e. The summed E-state index contributed by atoms with van der Waals surface area (Å²) in [5.74, 6) is 0. The van der Waals surface area contributed by atoms with E-state index in [9.17, 15) is 0 Å². The summed E-state index contributed by atoms with van der Waals surface area (Å²) in [5.41, 5.74) is 1.45. The van der Waals surface area contributed by atoms with E-state index in [1.807, 2.05) is 11.8 Å². The van der Waals surface area contributed by atoms with Crippen molar-refractivity contribution in [2.45, 2.75) is 23.8 Å². The van der Waals surface area contributed by atoms with Crippen LogP contribution in [0, 0.1) is 0 Å². The number of hydrogen-bond acceptors (Lipinski definition) is 2. The van der Waals surface area contributed by atoms with Gasteiger partial charge >= 0.3 is 0 Å². The molecule has 2 heteroatoms. The zero-order valence-electron chi connectivity index (χ0n) is 7.92. The number of thioether (sulfide) groups is 1. The first-order valence-electron chi connectivity index (χ1n) is 4.77. The van der Waals surface area contributed by atoms with Gasteiger partial charge in [-0.3, -0.25) is 0 Å². The molecule has 2 rings (SSSR count). The van der Waals surface area contributed by atoms with Crippen LogP contribution in [0.25, 0.3) is 0 Å². The van der Waals surface area contributed by atoms with Crippen LogP contribution in [0.3, 0.4) is 0 Å². The first-order chi connectivity index (χ1) is 6.40. The summed E-state index contributed by atoms with van der Waals surface area (Å²) < 4.78 is 0. The SMILES string of the molecule is CSc1cccc([C@H]2CCCN2)c1. The molecule has 0 unspecified atom stereocenters. The summed E-state index contributed by atoms with van der Waals surface area (Å²) >= 11 is 1.81. The third-order valence-corrected chi connectivity index (χ3v) is 3.28. The molecule has 1 atom stereocenters. The van der Waals surface area contributed by atoms with E-state index in [0.717, 1.165) is 0 Å². The third-order valence-electron chi connectivity index (χ3n) is 2.56. The van der Waals surface area contributed by atoms with Gasteiger partial charge < -0.3 is 5.32 Å². The number of rotatable bonds is 2. The minimum absolute atomic E-state index is 0.604. The lowest BCUT2D eigenvalue weighted by atomic mass is 10.1. The van der Waals surface area contributed by atoms with Crippen LogP contribution in [0.2, 0.25) is 0 Å². The zero-order chi connectivity index (χ0) is 9.10. The van der Waals surface area contributed by atoms with Crippen molar-refractivity contribution in [1.82, 2.24) is 5.32 Å². The van der Waals surface area contributed by atoms with E-state index in [1.165, 1.54) is 29.8 Å². The molecule has 70 valence electrons. The molecule has 1 aliphatic rings. The fourth-order valence-electron chi connectivity index (χ4n) is 1.83. The topological polar surface area (TPSA) is 12.0 Å². The van der Waals surface area contributed by atoms with Crippen LogP contribution >= 0.6 is 11.8 Å². The molecule has 0 bridgehead atoms. The summed E-state index contributed by atoms with van der Waals surface area (Å²) in [5, 5.41) is 3.51. The second-order valence-corrected chi connectivity index (χ2v) is 4.31. The first kappa shape index (κ1) is 9.10. The van der Waals surface area contributed by atoms with Gasteiger partial charge in [0.25, 0.3) is 0 Å².